The third kappa shape index (κ3) is 1.21. The Morgan fingerprint density at radius 3 is 2.75 bits per heavy atom. The van der Waals surface area contributed by atoms with Crippen molar-refractivity contribution >= 4 is 0 Å². The van der Waals surface area contributed by atoms with Gasteiger partial charge < -0.3 is 5.73 Å². The minimum absolute atomic E-state index is 0.501. The van der Waals surface area contributed by atoms with Gasteiger partial charge in [-0.3, -0.25) is 0 Å². The van der Waals surface area contributed by atoms with E-state index in [0.717, 1.165) is 23.7 Å². The second-order valence-corrected chi connectivity index (χ2v) is 5.92. The van der Waals surface area contributed by atoms with Crippen molar-refractivity contribution in [2.45, 2.75) is 37.6 Å². The summed E-state index contributed by atoms with van der Waals surface area (Å²) in [6.07, 6.45) is 5.44. The summed E-state index contributed by atoms with van der Waals surface area (Å²) >= 11 is 0. The van der Waals surface area contributed by atoms with E-state index in [0.29, 0.717) is 6.04 Å². The molecule has 0 saturated heterocycles. The van der Waals surface area contributed by atoms with Gasteiger partial charge in [-0.15, -0.1) is 0 Å². The molecule has 2 N–H and O–H groups in total. The summed E-state index contributed by atoms with van der Waals surface area (Å²) in [7, 11) is 0. The summed E-state index contributed by atoms with van der Waals surface area (Å²) in [5.41, 5.74) is 9.62. The second kappa shape index (κ2) is 3.10. The number of rotatable bonds is 2. The van der Waals surface area contributed by atoms with Crippen LogP contribution in [0.2, 0.25) is 0 Å². The fourth-order valence-corrected chi connectivity index (χ4v) is 3.94. The zero-order valence-electron chi connectivity index (χ0n) is 9.60. The second-order valence-electron chi connectivity index (χ2n) is 5.92. The lowest BCUT2D eigenvalue weighted by Gasteiger charge is -2.13. The molecular weight excluding hydrogens is 194 g/mol. The van der Waals surface area contributed by atoms with Gasteiger partial charge in [0.05, 0.1) is 0 Å². The van der Waals surface area contributed by atoms with Crippen molar-refractivity contribution in [2.24, 2.45) is 23.5 Å². The van der Waals surface area contributed by atoms with Crippen molar-refractivity contribution < 1.29 is 0 Å². The molecule has 0 bridgehead atoms. The summed E-state index contributed by atoms with van der Waals surface area (Å²) in [5.74, 6) is 3.42. The molecule has 0 amide bonds. The topological polar surface area (TPSA) is 26.0 Å². The molecule has 1 heteroatoms. The molecule has 0 heterocycles. The minimum atomic E-state index is 0.501. The average Bonchev–Trinajstić information content (AvgIpc) is 3.20. The van der Waals surface area contributed by atoms with Crippen molar-refractivity contribution in [3.63, 3.8) is 0 Å². The molecule has 1 nitrogen and oxygen atoms in total. The lowest BCUT2D eigenvalue weighted by Crippen LogP contribution is -2.26. The van der Waals surface area contributed by atoms with Gasteiger partial charge in [0.25, 0.3) is 0 Å². The van der Waals surface area contributed by atoms with Crippen LogP contribution in [0.15, 0.2) is 24.3 Å². The largest absolute Gasteiger partial charge is 0.327 e. The Hall–Kier alpha value is -0.820. The zero-order valence-corrected chi connectivity index (χ0v) is 9.60. The third-order valence-electron chi connectivity index (χ3n) is 5.00. The van der Waals surface area contributed by atoms with Crippen LogP contribution in [0.1, 0.15) is 36.3 Å². The number of fused-ring (bicyclic) bond motifs is 3. The number of hydrogen-bond donors (Lipinski definition) is 1. The van der Waals surface area contributed by atoms with Gasteiger partial charge >= 0.3 is 0 Å². The summed E-state index contributed by atoms with van der Waals surface area (Å²) in [5, 5.41) is 0. The van der Waals surface area contributed by atoms with Gasteiger partial charge in [-0.25, -0.2) is 0 Å². The predicted molar refractivity (Wildman–Crippen MR) is 65.2 cm³/mol. The number of nitrogens with two attached hydrogens (primary N) is 1. The fourth-order valence-electron chi connectivity index (χ4n) is 3.94. The van der Waals surface area contributed by atoms with Crippen LogP contribution in [0, 0.1) is 17.8 Å². The highest BCUT2D eigenvalue weighted by Crippen LogP contribution is 2.63. The molecule has 4 unspecified atom stereocenters. The van der Waals surface area contributed by atoms with E-state index in [1.807, 2.05) is 0 Å². The van der Waals surface area contributed by atoms with E-state index < -0.39 is 0 Å². The van der Waals surface area contributed by atoms with Gasteiger partial charge in [-0.05, 0) is 60.5 Å². The van der Waals surface area contributed by atoms with E-state index >= 15 is 0 Å². The molecule has 2 saturated carbocycles. The van der Waals surface area contributed by atoms with Crippen molar-refractivity contribution in [2.75, 3.05) is 0 Å². The molecule has 3 aliphatic carbocycles. The maximum Gasteiger partial charge on any atom is 0.0104 e. The molecule has 0 aliphatic heterocycles. The van der Waals surface area contributed by atoms with Crippen molar-refractivity contribution in [1.82, 2.24) is 0 Å². The highest BCUT2D eigenvalue weighted by molar-refractivity contribution is 5.40. The van der Waals surface area contributed by atoms with E-state index in [4.69, 9.17) is 5.73 Å². The van der Waals surface area contributed by atoms with E-state index in [-0.39, 0.29) is 0 Å². The molecule has 1 aromatic carbocycles. The van der Waals surface area contributed by atoms with Crippen LogP contribution in [0.4, 0.5) is 0 Å². The van der Waals surface area contributed by atoms with Crippen LogP contribution < -0.4 is 5.73 Å². The lowest BCUT2D eigenvalue weighted by molar-refractivity contribution is 0.487. The first-order chi connectivity index (χ1) is 7.86. The van der Waals surface area contributed by atoms with Crippen LogP contribution in [0.3, 0.4) is 0 Å². The molecule has 2 fully saturated rings. The predicted octanol–water partition coefficient (Wildman–Crippen LogP) is 2.70. The Morgan fingerprint density at radius 1 is 1.12 bits per heavy atom. The Balaban J connectivity index is 1.64. The molecule has 3 aliphatic rings. The van der Waals surface area contributed by atoms with Gasteiger partial charge in [0.15, 0.2) is 0 Å². The molecule has 0 aromatic heterocycles. The van der Waals surface area contributed by atoms with Crippen molar-refractivity contribution in [3.8, 4) is 0 Å². The first-order valence-electron chi connectivity index (χ1n) is 6.69. The molecular formula is C15H19N. The monoisotopic (exact) mass is 213 g/mol. The number of benzene rings is 1. The summed E-state index contributed by atoms with van der Waals surface area (Å²) in [6, 6.07) is 9.52. The fraction of sp³-hybridized carbons (Fsp3) is 0.600. The first-order valence-corrected chi connectivity index (χ1v) is 6.69. The van der Waals surface area contributed by atoms with Crippen LogP contribution in [-0.4, -0.2) is 6.04 Å². The molecule has 4 atom stereocenters. The first kappa shape index (κ1) is 9.23. The van der Waals surface area contributed by atoms with Crippen LogP contribution >= 0.6 is 0 Å². The molecule has 4 rings (SSSR count). The van der Waals surface area contributed by atoms with Crippen molar-refractivity contribution in [3.05, 3.63) is 35.4 Å². The van der Waals surface area contributed by atoms with E-state index in [2.05, 4.69) is 24.3 Å². The molecule has 0 spiro atoms. The van der Waals surface area contributed by atoms with Gasteiger partial charge in [0.1, 0.15) is 0 Å². The van der Waals surface area contributed by atoms with Gasteiger partial charge in [0.2, 0.25) is 0 Å². The Bertz CT molecular complexity index is 421. The lowest BCUT2D eigenvalue weighted by atomic mass is 9.92. The quantitative estimate of drug-likeness (QED) is 0.803. The summed E-state index contributed by atoms with van der Waals surface area (Å²) in [4.78, 5) is 0. The Kier molecular flexibility index (Phi) is 1.79. The Labute approximate surface area is 97.0 Å². The normalized spacial score (nSPS) is 37.4. The third-order valence-corrected chi connectivity index (χ3v) is 5.00. The van der Waals surface area contributed by atoms with Gasteiger partial charge in [-0.1, -0.05) is 24.3 Å². The average molecular weight is 213 g/mol. The SMILES string of the molecule is NC(C1CC1)C1C2CCc3ccccc3C21. The van der Waals surface area contributed by atoms with Crippen LogP contribution in [0.25, 0.3) is 0 Å². The molecule has 16 heavy (non-hydrogen) atoms. The standard InChI is InChI=1S/C15H19N/c16-15(10-5-6-10)14-12-8-7-9-3-1-2-4-11(9)13(12)14/h1-4,10,12-15H,5-8,16H2. The van der Waals surface area contributed by atoms with E-state index in [9.17, 15) is 0 Å². The van der Waals surface area contributed by atoms with E-state index in [1.165, 1.54) is 25.7 Å². The maximum atomic E-state index is 6.40. The summed E-state index contributed by atoms with van der Waals surface area (Å²) < 4.78 is 0. The Morgan fingerprint density at radius 2 is 1.94 bits per heavy atom. The molecule has 1 aromatic rings. The smallest absolute Gasteiger partial charge is 0.0104 e. The molecule has 0 radical (unpaired) electrons. The van der Waals surface area contributed by atoms with Gasteiger partial charge in [-0.2, -0.15) is 0 Å². The highest BCUT2D eigenvalue weighted by Gasteiger charge is 2.57. The maximum absolute atomic E-state index is 6.40. The molecule has 84 valence electrons. The minimum Gasteiger partial charge on any atom is -0.327 e. The van der Waals surface area contributed by atoms with E-state index in [1.54, 1.807) is 11.1 Å². The number of hydrogen-bond acceptors (Lipinski definition) is 1. The van der Waals surface area contributed by atoms with Crippen molar-refractivity contribution in [1.29, 1.82) is 0 Å². The number of aryl methyl sites for hydroxylation is 1. The van der Waals surface area contributed by atoms with Crippen LogP contribution in [0.5, 0.6) is 0 Å². The zero-order chi connectivity index (χ0) is 10.7. The van der Waals surface area contributed by atoms with Crippen LogP contribution in [-0.2, 0) is 6.42 Å². The van der Waals surface area contributed by atoms with Gasteiger partial charge in [0, 0.05) is 6.04 Å². The summed E-state index contributed by atoms with van der Waals surface area (Å²) in [6.45, 7) is 0. The highest BCUT2D eigenvalue weighted by atomic mass is 14.8.